The molecule has 0 aromatic heterocycles. The van der Waals surface area contributed by atoms with Crippen molar-refractivity contribution < 1.29 is 17.9 Å². The third-order valence-electron chi connectivity index (χ3n) is 6.48. The third-order valence-corrected chi connectivity index (χ3v) is 8.32. The summed E-state index contributed by atoms with van der Waals surface area (Å²) in [5.74, 6) is 0.369. The van der Waals surface area contributed by atoms with E-state index < -0.39 is 10.0 Å². The van der Waals surface area contributed by atoms with E-state index in [0.717, 1.165) is 25.2 Å². The monoisotopic (exact) mass is 487 g/mol. The molecule has 2 fully saturated rings. The van der Waals surface area contributed by atoms with Gasteiger partial charge in [0.25, 0.3) is 0 Å². The number of carbonyl (C=O) groups excluding carboxylic acids is 1. The molecule has 0 saturated carbocycles. The van der Waals surface area contributed by atoms with Gasteiger partial charge in [0.05, 0.1) is 7.11 Å². The van der Waals surface area contributed by atoms with Crippen molar-refractivity contribution >= 4 is 15.9 Å². The van der Waals surface area contributed by atoms with Gasteiger partial charge in [-0.3, -0.25) is 9.69 Å². The molecule has 2 aromatic carbocycles. The Hall–Kier alpha value is -2.50. The van der Waals surface area contributed by atoms with Crippen LogP contribution in [0.4, 0.5) is 0 Å². The van der Waals surface area contributed by atoms with Crippen LogP contribution in [-0.4, -0.2) is 81.9 Å². The van der Waals surface area contributed by atoms with E-state index in [4.69, 9.17) is 4.74 Å². The molecule has 0 radical (unpaired) electrons. The number of nitrogens with zero attached hydrogens (tertiary/aromatic N) is 3. The molecule has 4 rings (SSSR count). The van der Waals surface area contributed by atoms with Crippen LogP contribution in [0.2, 0.25) is 0 Å². The highest BCUT2D eigenvalue weighted by Gasteiger charge is 2.35. The molecule has 2 unspecified atom stereocenters. The lowest BCUT2D eigenvalue weighted by atomic mass is 10.0. The molecule has 34 heavy (non-hydrogen) atoms. The molecule has 2 saturated heterocycles. The Morgan fingerprint density at radius 1 is 1.06 bits per heavy atom. The van der Waals surface area contributed by atoms with Crippen LogP contribution in [-0.2, 0) is 21.4 Å². The Labute approximate surface area is 201 Å². The van der Waals surface area contributed by atoms with E-state index in [0.29, 0.717) is 25.3 Å². The number of carbonyl (C=O) groups is 1. The van der Waals surface area contributed by atoms with Crippen molar-refractivity contribution in [3.05, 3.63) is 59.7 Å². The second kappa shape index (κ2) is 10.4. The lowest BCUT2D eigenvalue weighted by Crippen LogP contribution is -2.53. The highest BCUT2D eigenvalue weighted by atomic mass is 32.2. The van der Waals surface area contributed by atoms with Crippen LogP contribution in [0.15, 0.2) is 53.4 Å². The molecule has 0 aliphatic carbocycles. The van der Waals surface area contributed by atoms with Gasteiger partial charge in [0.2, 0.25) is 15.9 Å². The summed E-state index contributed by atoms with van der Waals surface area (Å²) in [6.45, 7) is 3.97. The first-order valence-electron chi connectivity index (χ1n) is 11.5. The number of benzene rings is 2. The van der Waals surface area contributed by atoms with Gasteiger partial charge in [-0.05, 0) is 29.7 Å². The van der Waals surface area contributed by atoms with E-state index in [9.17, 15) is 13.2 Å². The molecular formula is C24H33N5O4S. The maximum Gasteiger partial charge on any atom is 0.246 e. The maximum atomic E-state index is 13.1. The summed E-state index contributed by atoms with van der Waals surface area (Å²) < 4.78 is 31.9. The van der Waals surface area contributed by atoms with Crippen molar-refractivity contribution in [2.75, 3.05) is 47.4 Å². The number of hydrogen-bond acceptors (Lipinski definition) is 7. The van der Waals surface area contributed by atoms with Crippen molar-refractivity contribution in [1.82, 2.24) is 25.0 Å². The first-order chi connectivity index (χ1) is 16.3. The van der Waals surface area contributed by atoms with Gasteiger partial charge >= 0.3 is 0 Å². The van der Waals surface area contributed by atoms with Gasteiger partial charge in [0, 0.05) is 52.9 Å². The predicted molar refractivity (Wildman–Crippen MR) is 130 cm³/mol. The first kappa shape index (κ1) is 24.6. The fraction of sp³-hybridized carbons (Fsp3) is 0.458. The zero-order valence-corrected chi connectivity index (χ0v) is 20.7. The third kappa shape index (κ3) is 5.26. The first-order valence-corrected chi connectivity index (χ1v) is 12.9. The van der Waals surface area contributed by atoms with Gasteiger partial charge in [-0.1, -0.05) is 36.4 Å². The Morgan fingerprint density at radius 3 is 2.41 bits per heavy atom. The van der Waals surface area contributed by atoms with Crippen molar-refractivity contribution in [1.29, 1.82) is 0 Å². The second-order valence-corrected chi connectivity index (χ2v) is 11.0. The minimum Gasteiger partial charge on any atom is -0.495 e. The average Bonchev–Trinajstić information content (AvgIpc) is 3.34. The maximum absolute atomic E-state index is 13.1. The molecule has 1 amide bonds. The van der Waals surface area contributed by atoms with Gasteiger partial charge in [-0.2, -0.15) is 0 Å². The van der Waals surface area contributed by atoms with Crippen LogP contribution < -0.4 is 15.6 Å². The smallest absolute Gasteiger partial charge is 0.246 e. The molecule has 2 heterocycles. The molecule has 0 spiro atoms. The Bertz CT molecular complexity index is 1100. The number of sulfonamides is 1. The number of piperazine rings is 1. The molecule has 10 heteroatoms. The summed E-state index contributed by atoms with van der Waals surface area (Å²) in [4.78, 5) is 17.5. The lowest BCUT2D eigenvalue weighted by Gasteiger charge is -2.35. The summed E-state index contributed by atoms with van der Waals surface area (Å²) in [6, 6.07) is 14.9. The molecule has 9 nitrogen and oxygen atoms in total. The summed E-state index contributed by atoms with van der Waals surface area (Å²) in [5, 5.41) is 0. The topological polar surface area (TPSA) is 94.2 Å². The van der Waals surface area contributed by atoms with Crippen molar-refractivity contribution in [2.45, 2.75) is 29.9 Å². The summed E-state index contributed by atoms with van der Waals surface area (Å²) in [7, 11) is 0.768. The van der Waals surface area contributed by atoms with Crippen LogP contribution in [0.3, 0.4) is 0 Å². The van der Waals surface area contributed by atoms with Crippen LogP contribution in [0, 0.1) is 0 Å². The Balaban J connectivity index is 1.37. The fourth-order valence-corrected chi connectivity index (χ4v) is 5.52. The normalized spacial score (nSPS) is 21.7. The lowest BCUT2D eigenvalue weighted by molar-refractivity contribution is -0.135. The van der Waals surface area contributed by atoms with E-state index >= 15 is 0 Å². The second-order valence-electron chi connectivity index (χ2n) is 8.91. The molecule has 2 N–H and O–H groups in total. The predicted octanol–water partition coefficient (Wildman–Crippen LogP) is 1.20. The molecule has 0 bridgehead atoms. The summed E-state index contributed by atoms with van der Waals surface area (Å²) in [6.07, 6.45) is 0.539. The van der Waals surface area contributed by atoms with Gasteiger partial charge < -0.3 is 9.64 Å². The van der Waals surface area contributed by atoms with Gasteiger partial charge in [0.15, 0.2) is 0 Å². The van der Waals surface area contributed by atoms with Crippen molar-refractivity contribution in [3.8, 4) is 5.75 Å². The average molecular weight is 488 g/mol. The fourth-order valence-electron chi connectivity index (χ4n) is 4.43. The van der Waals surface area contributed by atoms with Gasteiger partial charge in [0.1, 0.15) is 16.7 Å². The molecule has 2 atom stereocenters. The quantitative estimate of drug-likeness (QED) is 0.606. The number of methoxy groups -OCH3 is 1. The van der Waals surface area contributed by atoms with Crippen LogP contribution in [0.1, 0.15) is 23.6 Å². The van der Waals surface area contributed by atoms with Crippen LogP contribution in [0.25, 0.3) is 0 Å². The number of hydrazine groups is 1. The number of rotatable bonds is 7. The molecule has 2 aromatic rings. The number of ether oxygens (including phenoxy) is 1. The van der Waals surface area contributed by atoms with Crippen molar-refractivity contribution in [3.63, 3.8) is 0 Å². The zero-order valence-electron chi connectivity index (χ0n) is 19.9. The molecular weight excluding hydrogens is 454 g/mol. The largest absolute Gasteiger partial charge is 0.495 e. The van der Waals surface area contributed by atoms with E-state index in [1.165, 1.54) is 31.1 Å². The minimum atomic E-state index is -3.67. The SMILES string of the molecule is COc1ccc(C2CC(C(=O)N3CCN(Cc4ccccc4)CC3)NN2)cc1S(=O)(=O)N(C)C. The summed E-state index contributed by atoms with van der Waals surface area (Å²) >= 11 is 0. The van der Waals surface area contributed by atoms with E-state index in [1.54, 1.807) is 12.1 Å². The Morgan fingerprint density at radius 2 is 1.76 bits per heavy atom. The van der Waals surface area contributed by atoms with Crippen LogP contribution >= 0.6 is 0 Å². The van der Waals surface area contributed by atoms with Crippen LogP contribution in [0.5, 0.6) is 5.75 Å². The molecule has 184 valence electrons. The van der Waals surface area contributed by atoms with E-state index in [-0.39, 0.29) is 22.9 Å². The number of hydrogen-bond donors (Lipinski definition) is 2. The standard InChI is InChI=1S/C24H33N5O4S/c1-27(2)34(31,32)23-15-19(9-10-22(23)33-3)20-16-21(26-25-20)24(30)29-13-11-28(12-14-29)17-18-7-5-4-6-8-18/h4-10,15,20-21,25-26H,11-14,16-17H2,1-3H3. The minimum absolute atomic E-state index is 0.0732. The van der Waals surface area contributed by atoms with E-state index in [1.807, 2.05) is 29.2 Å². The molecule has 2 aliphatic heterocycles. The highest BCUT2D eigenvalue weighted by Crippen LogP contribution is 2.31. The molecule has 2 aliphatic rings. The van der Waals surface area contributed by atoms with E-state index in [2.05, 4.69) is 27.9 Å². The van der Waals surface area contributed by atoms with Gasteiger partial charge in [-0.15, -0.1) is 0 Å². The zero-order chi connectivity index (χ0) is 24.3. The summed E-state index contributed by atoms with van der Waals surface area (Å²) in [5.41, 5.74) is 8.36. The van der Waals surface area contributed by atoms with Crippen molar-refractivity contribution in [2.24, 2.45) is 0 Å². The highest BCUT2D eigenvalue weighted by molar-refractivity contribution is 7.89. The Kier molecular flexibility index (Phi) is 7.54. The van der Waals surface area contributed by atoms with Gasteiger partial charge in [-0.25, -0.2) is 23.6 Å². The number of amides is 1. The number of nitrogens with one attached hydrogen (secondary N) is 2.